The van der Waals surface area contributed by atoms with E-state index >= 15 is 0 Å². The average Bonchev–Trinajstić information content (AvgIpc) is 2.99. The number of carbonyl (C=O) groups excluding carboxylic acids is 3. The summed E-state index contributed by atoms with van der Waals surface area (Å²) in [5, 5.41) is 3.14. The molecule has 0 bridgehead atoms. The highest BCUT2D eigenvalue weighted by atomic mass is 79.9. The predicted molar refractivity (Wildman–Crippen MR) is 131 cm³/mol. The van der Waals surface area contributed by atoms with Gasteiger partial charge in [-0.05, 0) is 79.2 Å². The molecular formula is C24H15BrCl2N2O4. The van der Waals surface area contributed by atoms with E-state index in [4.69, 9.17) is 27.9 Å². The van der Waals surface area contributed by atoms with E-state index in [1.54, 1.807) is 73.7 Å². The van der Waals surface area contributed by atoms with Crippen LogP contribution in [0.25, 0.3) is 0 Å². The van der Waals surface area contributed by atoms with Crippen LogP contribution >= 0.6 is 39.1 Å². The predicted octanol–water partition coefficient (Wildman–Crippen LogP) is 6.07. The third-order valence-electron chi connectivity index (χ3n) is 4.84. The Morgan fingerprint density at radius 2 is 1.61 bits per heavy atom. The molecule has 6 nitrogen and oxygen atoms in total. The first kappa shape index (κ1) is 23.0. The number of benzene rings is 3. The number of halogens is 3. The molecule has 3 aromatic rings. The molecule has 0 saturated heterocycles. The number of nitrogens with zero attached hydrogens (tertiary/aromatic N) is 1. The minimum absolute atomic E-state index is 0.0544. The molecule has 1 aliphatic rings. The zero-order valence-corrected chi connectivity index (χ0v) is 20.2. The second kappa shape index (κ2) is 9.39. The van der Waals surface area contributed by atoms with Gasteiger partial charge in [-0.3, -0.25) is 9.59 Å². The van der Waals surface area contributed by atoms with Crippen LogP contribution in [0.3, 0.4) is 0 Å². The first-order valence-electron chi connectivity index (χ1n) is 9.64. The molecule has 166 valence electrons. The Kier molecular flexibility index (Phi) is 6.56. The van der Waals surface area contributed by atoms with Crippen molar-refractivity contribution in [3.63, 3.8) is 0 Å². The summed E-state index contributed by atoms with van der Waals surface area (Å²) in [6.07, 6.45) is 0. The number of nitrogens with one attached hydrogen (secondary N) is 1. The maximum Gasteiger partial charge on any atom is 0.343 e. The Morgan fingerprint density at radius 1 is 0.939 bits per heavy atom. The maximum atomic E-state index is 13.0. The molecule has 0 spiro atoms. The number of ether oxygens (including phenoxy) is 1. The van der Waals surface area contributed by atoms with Crippen molar-refractivity contribution in [1.82, 2.24) is 0 Å². The molecule has 33 heavy (non-hydrogen) atoms. The Balaban J connectivity index is 1.49. The molecule has 0 atom stereocenters. The Labute approximate surface area is 207 Å². The zero-order valence-electron chi connectivity index (χ0n) is 17.1. The third-order valence-corrected chi connectivity index (χ3v) is 5.96. The molecule has 0 aliphatic carbocycles. The van der Waals surface area contributed by atoms with Crippen molar-refractivity contribution in [2.45, 2.75) is 6.92 Å². The van der Waals surface area contributed by atoms with Gasteiger partial charge in [0.05, 0.1) is 11.3 Å². The SMILES string of the molecule is Cc1cc(Cl)ccc1N1C(=O)C(Cl)=C(Nc2ccc(C(=O)Oc3ccc(Br)cc3)cc2)C1=O. The molecule has 3 aromatic carbocycles. The van der Waals surface area contributed by atoms with Crippen LogP contribution in [0, 0.1) is 6.92 Å². The number of carbonyl (C=O) groups is 3. The number of hydrogen-bond acceptors (Lipinski definition) is 5. The zero-order chi connectivity index (χ0) is 23.7. The fraction of sp³-hybridized carbons (Fsp3) is 0.0417. The Bertz CT molecular complexity index is 1310. The van der Waals surface area contributed by atoms with E-state index in [1.807, 2.05) is 0 Å². The van der Waals surface area contributed by atoms with Crippen molar-refractivity contribution in [3.8, 4) is 5.75 Å². The van der Waals surface area contributed by atoms with Gasteiger partial charge in [0.2, 0.25) is 0 Å². The number of amides is 2. The Hall–Kier alpha value is -3.13. The number of imide groups is 1. The maximum absolute atomic E-state index is 13.0. The molecule has 9 heteroatoms. The van der Waals surface area contributed by atoms with E-state index in [0.29, 0.717) is 33.3 Å². The first-order valence-corrected chi connectivity index (χ1v) is 11.2. The smallest absolute Gasteiger partial charge is 0.343 e. The van der Waals surface area contributed by atoms with Crippen molar-refractivity contribution < 1.29 is 19.1 Å². The molecule has 0 radical (unpaired) electrons. The summed E-state index contributed by atoms with van der Waals surface area (Å²) in [4.78, 5) is 39.0. The van der Waals surface area contributed by atoms with Crippen LogP contribution in [-0.4, -0.2) is 17.8 Å². The highest BCUT2D eigenvalue weighted by Gasteiger charge is 2.39. The molecule has 0 saturated carbocycles. The number of rotatable bonds is 5. The summed E-state index contributed by atoms with van der Waals surface area (Å²) in [5.74, 6) is -1.34. The van der Waals surface area contributed by atoms with Gasteiger partial charge in [0.25, 0.3) is 11.8 Å². The van der Waals surface area contributed by atoms with Crippen molar-refractivity contribution in [2.24, 2.45) is 0 Å². The van der Waals surface area contributed by atoms with E-state index < -0.39 is 17.8 Å². The second-order valence-electron chi connectivity index (χ2n) is 7.11. The Morgan fingerprint density at radius 3 is 2.24 bits per heavy atom. The van der Waals surface area contributed by atoms with Crippen LogP contribution < -0.4 is 15.0 Å². The van der Waals surface area contributed by atoms with Gasteiger partial charge in [0, 0.05) is 15.2 Å². The lowest BCUT2D eigenvalue weighted by molar-refractivity contribution is -0.120. The monoisotopic (exact) mass is 544 g/mol. The minimum atomic E-state index is -0.635. The molecular weight excluding hydrogens is 531 g/mol. The van der Waals surface area contributed by atoms with E-state index in [9.17, 15) is 14.4 Å². The van der Waals surface area contributed by atoms with Gasteiger partial charge in [0.1, 0.15) is 16.5 Å². The van der Waals surface area contributed by atoms with Gasteiger partial charge in [-0.2, -0.15) is 0 Å². The topological polar surface area (TPSA) is 75.7 Å². The molecule has 4 rings (SSSR count). The van der Waals surface area contributed by atoms with Gasteiger partial charge < -0.3 is 10.1 Å². The van der Waals surface area contributed by atoms with Crippen LogP contribution in [0.15, 0.2) is 81.9 Å². The molecule has 0 aromatic heterocycles. The highest BCUT2D eigenvalue weighted by molar-refractivity contribution is 9.10. The van der Waals surface area contributed by atoms with Crippen molar-refractivity contribution in [3.05, 3.63) is 98.1 Å². The summed E-state index contributed by atoms with van der Waals surface area (Å²) in [6.45, 7) is 1.74. The van der Waals surface area contributed by atoms with E-state index in [-0.39, 0.29) is 10.7 Å². The summed E-state index contributed by atoms with van der Waals surface area (Å²) >= 11 is 15.5. The molecule has 1 heterocycles. The van der Waals surface area contributed by atoms with Crippen molar-refractivity contribution >= 4 is 68.3 Å². The van der Waals surface area contributed by atoms with Crippen LogP contribution in [0.1, 0.15) is 15.9 Å². The molecule has 0 unspecified atom stereocenters. The highest BCUT2D eigenvalue weighted by Crippen LogP contribution is 2.33. The van der Waals surface area contributed by atoms with E-state index in [0.717, 1.165) is 9.37 Å². The standard InChI is InChI=1S/C24H15BrCl2N2O4/c1-13-12-16(26)6-11-19(13)29-22(30)20(27)21(23(29)31)28-17-7-2-14(3-8-17)24(32)33-18-9-4-15(25)5-10-18/h2-12,28H,1H3. The fourth-order valence-corrected chi connectivity index (χ4v) is 3.91. The van der Waals surface area contributed by atoms with Crippen molar-refractivity contribution in [1.29, 1.82) is 0 Å². The minimum Gasteiger partial charge on any atom is -0.423 e. The quantitative estimate of drug-likeness (QED) is 0.239. The molecule has 2 amide bonds. The van der Waals surface area contributed by atoms with Crippen LogP contribution in [0.5, 0.6) is 5.75 Å². The summed E-state index contributed by atoms with van der Waals surface area (Å²) in [7, 11) is 0. The summed E-state index contributed by atoms with van der Waals surface area (Å²) in [5.41, 5.74) is 1.79. The van der Waals surface area contributed by atoms with Gasteiger partial charge in [-0.15, -0.1) is 0 Å². The lowest BCUT2D eigenvalue weighted by Crippen LogP contribution is -2.32. The second-order valence-corrected chi connectivity index (χ2v) is 8.84. The van der Waals surface area contributed by atoms with Gasteiger partial charge >= 0.3 is 5.97 Å². The number of aryl methyl sites for hydroxylation is 1. The van der Waals surface area contributed by atoms with Crippen LogP contribution in [0.4, 0.5) is 11.4 Å². The van der Waals surface area contributed by atoms with E-state index in [1.165, 1.54) is 0 Å². The van der Waals surface area contributed by atoms with Gasteiger partial charge in [-0.1, -0.05) is 39.1 Å². The first-order chi connectivity index (χ1) is 15.7. The summed E-state index contributed by atoms with van der Waals surface area (Å²) in [6, 6.07) is 18.0. The van der Waals surface area contributed by atoms with Crippen molar-refractivity contribution in [2.75, 3.05) is 10.2 Å². The van der Waals surface area contributed by atoms with Gasteiger partial charge in [-0.25, -0.2) is 9.69 Å². The molecule has 0 fully saturated rings. The third kappa shape index (κ3) is 4.80. The van der Waals surface area contributed by atoms with Crippen LogP contribution in [0.2, 0.25) is 5.02 Å². The fourth-order valence-electron chi connectivity index (χ4n) is 3.20. The number of esters is 1. The van der Waals surface area contributed by atoms with Gasteiger partial charge in [0.15, 0.2) is 0 Å². The largest absolute Gasteiger partial charge is 0.423 e. The average molecular weight is 546 g/mol. The molecule has 1 N–H and O–H groups in total. The van der Waals surface area contributed by atoms with E-state index in [2.05, 4.69) is 21.2 Å². The number of hydrogen-bond donors (Lipinski definition) is 1. The molecule has 1 aliphatic heterocycles. The lowest BCUT2D eigenvalue weighted by Gasteiger charge is -2.17. The normalized spacial score (nSPS) is 13.5. The number of anilines is 2. The van der Waals surface area contributed by atoms with Crippen LogP contribution in [-0.2, 0) is 9.59 Å². The summed E-state index contributed by atoms with van der Waals surface area (Å²) < 4.78 is 6.20. The lowest BCUT2D eigenvalue weighted by atomic mass is 10.2.